The molecule has 1 unspecified atom stereocenters. The molecule has 1 amide bonds. The van der Waals surface area contributed by atoms with Crippen molar-refractivity contribution in [2.75, 3.05) is 11.9 Å². The molecule has 0 saturated carbocycles. The summed E-state index contributed by atoms with van der Waals surface area (Å²) in [4.78, 5) is 29.6. The summed E-state index contributed by atoms with van der Waals surface area (Å²) in [6.45, 7) is 3.52. The average molecular weight is 421 g/mol. The minimum atomic E-state index is -1.26. The smallest absolute Gasteiger partial charge is 0.351 e. The summed E-state index contributed by atoms with van der Waals surface area (Å²) >= 11 is 1.39. The lowest BCUT2D eigenvalue weighted by Crippen LogP contribution is -2.38. The molecule has 2 aromatic rings. The van der Waals surface area contributed by atoms with Gasteiger partial charge in [0.05, 0.1) is 6.20 Å². The van der Waals surface area contributed by atoms with Gasteiger partial charge >= 0.3 is 5.69 Å². The second-order valence-electron chi connectivity index (χ2n) is 7.54. The van der Waals surface area contributed by atoms with Gasteiger partial charge in [0.25, 0.3) is 0 Å². The van der Waals surface area contributed by atoms with Crippen LogP contribution in [0.1, 0.15) is 38.5 Å². The van der Waals surface area contributed by atoms with Gasteiger partial charge in [0, 0.05) is 11.5 Å². The van der Waals surface area contributed by atoms with Crippen molar-refractivity contribution < 1.29 is 19.4 Å². The van der Waals surface area contributed by atoms with Gasteiger partial charge in [-0.3, -0.25) is 9.36 Å². The van der Waals surface area contributed by atoms with Crippen LogP contribution in [0.15, 0.2) is 40.2 Å². The number of fused-ring (bicyclic) bond motifs is 1. The highest BCUT2D eigenvalue weighted by Gasteiger charge is 2.41. The average Bonchev–Trinajstić information content (AvgIpc) is 3.05. The Morgan fingerprint density at radius 2 is 2.14 bits per heavy atom. The largest absolute Gasteiger partial charge is 0.396 e. The number of halogens is 1. The molecule has 7 nitrogen and oxygen atoms in total. The van der Waals surface area contributed by atoms with Gasteiger partial charge in [0.15, 0.2) is 11.6 Å². The molecule has 2 heterocycles. The summed E-state index contributed by atoms with van der Waals surface area (Å²) < 4.78 is 14.4. The minimum absolute atomic E-state index is 0.0418. The number of carbonyl (C=O) groups is 1. The number of hydrogen-bond acceptors (Lipinski definition) is 6. The molecule has 3 atom stereocenters. The Kier molecular flexibility index (Phi) is 6.40. The van der Waals surface area contributed by atoms with Crippen LogP contribution in [0, 0.1) is 11.7 Å². The van der Waals surface area contributed by atoms with Crippen molar-refractivity contribution in [3.05, 3.63) is 52.3 Å². The zero-order valence-corrected chi connectivity index (χ0v) is 17.1. The van der Waals surface area contributed by atoms with E-state index in [9.17, 15) is 19.1 Å². The third-order valence-electron chi connectivity index (χ3n) is 5.01. The molecule has 9 heteroatoms. The molecule has 0 bridgehead atoms. The summed E-state index contributed by atoms with van der Waals surface area (Å²) in [5, 5.41) is 21.6. The fourth-order valence-electron chi connectivity index (χ4n) is 3.17. The van der Waals surface area contributed by atoms with Crippen LogP contribution in [0.25, 0.3) is 0 Å². The van der Waals surface area contributed by atoms with Crippen LogP contribution in [-0.2, 0) is 11.2 Å². The molecular formula is C20H24FN3O4S. The SMILES string of the molecule is C[C@H](CO)CC[C@@H](O)n1cc(F)c(NC(=O)C2(C)Cc3ccccc3S2)nc1=O. The fourth-order valence-corrected chi connectivity index (χ4v) is 4.44. The monoisotopic (exact) mass is 421 g/mol. The number of nitrogens with zero attached hydrogens (tertiary/aromatic N) is 2. The Balaban J connectivity index is 1.73. The summed E-state index contributed by atoms with van der Waals surface area (Å²) in [5.74, 6) is -1.86. The van der Waals surface area contributed by atoms with Crippen molar-refractivity contribution in [3.8, 4) is 0 Å². The predicted octanol–water partition coefficient (Wildman–Crippen LogP) is 2.33. The topological polar surface area (TPSA) is 104 Å². The number of rotatable bonds is 7. The lowest BCUT2D eigenvalue weighted by Gasteiger charge is -2.22. The van der Waals surface area contributed by atoms with E-state index in [4.69, 9.17) is 5.11 Å². The molecule has 156 valence electrons. The standard InChI is InChI=1S/C20H24FN3O4S/c1-12(11-25)7-8-16(26)24-10-14(21)17(23-19(24)28)22-18(27)20(2)9-13-5-3-4-6-15(13)29-20/h3-6,10,12,16,25-26H,7-9,11H2,1-2H3,(H,22,23,27,28)/t12-,16+,20?/m0/s1. The van der Waals surface area contributed by atoms with Gasteiger partial charge in [-0.15, -0.1) is 11.8 Å². The van der Waals surface area contributed by atoms with Gasteiger partial charge in [0.1, 0.15) is 11.0 Å². The molecule has 1 aliphatic rings. The van der Waals surface area contributed by atoms with E-state index >= 15 is 0 Å². The summed E-state index contributed by atoms with van der Waals surface area (Å²) in [7, 11) is 0. The van der Waals surface area contributed by atoms with Gasteiger partial charge in [-0.05, 0) is 43.7 Å². The Hall–Kier alpha value is -2.23. The van der Waals surface area contributed by atoms with Crippen molar-refractivity contribution in [2.24, 2.45) is 5.92 Å². The number of aliphatic hydroxyl groups excluding tert-OH is 2. The Labute approximate surface area is 172 Å². The second kappa shape index (κ2) is 8.64. The number of aliphatic hydroxyl groups is 2. The number of hydrogen-bond donors (Lipinski definition) is 3. The van der Waals surface area contributed by atoms with Crippen LogP contribution in [0.3, 0.4) is 0 Å². The van der Waals surface area contributed by atoms with Gasteiger partial charge in [-0.25, -0.2) is 9.18 Å². The van der Waals surface area contributed by atoms with Crippen LogP contribution in [-0.4, -0.2) is 37.0 Å². The molecule has 0 radical (unpaired) electrons. The highest BCUT2D eigenvalue weighted by atomic mass is 32.2. The molecule has 0 saturated heterocycles. The molecule has 1 aromatic heterocycles. The van der Waals surface area contributed by atoms with E-state index < -0.39 is 34.2 Å². The van der Waals surface area contributed by atoms with Crippen molar-refractivity contribution in [3.63, 3.8) is 0 Å². The quantitative estimate of drug-likeness (QED) is 0.634. The van der Waals surface area contributed by atoms with Gasteiger partial charge in [-0.1, -0.05) is 25.1 Å². The summed E-state index contributed by atoms with van der Waals surface area (Å²) in [6.07, 6.45) is 0.695. The van der Waals surface area contributed by atoms with E-state index in [0.717, 1.165) is 21.2 Å². The van der Waals surface area contributed by atoms with E-state index in [1.807, 2.05) is 24.3 Å². The Bertz CT molecular complexity index is 940. The Morgan fingerprint density at radius 1 is 1.41 bits per heavy atom. The zero-order chi connectivity index (χ0) is 21.2. The van der Waals surface area contributed by atoms with E-state index in [1.165, 1.54) is 11.8 Å². The van der Waals surface area contributed by atoms with E-state index in [1.54, 1.807) is 13.8 Å². The van der Waals surface area contributed by atoms with E-state index in [0.29, 0.717) is 12.8 Å². The van der Waals surface area contributed by atoms with Crippen LogP contribution < -0.4 is 11.0 Å². The van der Waals surface area contributed by atoms with Crippen LogP contribution in [0.2, 0.25) is 0 Å². The van der Waals surface area contributed by atoms with Crippen molar-refractivity contribution >= 4 is 23.5 Å². The number of anilines is 1. The van der Waals surface area contributed by atoms with Gasteiger partial charge in [-0.2, -0.15) is 4.98 Å². The molecule has 29 heavy (non-hydrogen) atoms. The third-order valence-corrected chi connectivity index (χ3v) is 6.40. The molecular weight excluding hydrogens is 397 g/mol. The summed E-state index contributed by atoms with van der Waals surface area (Å²) in [5.41, 5.74) is 0.178. The lowest BCUT2D eigenvalue weighted by molar-refractivity contribution is -0.118. The molecule has 0 fully saturated rings. The maximum atomic E-state index is 14.5. The first-order valence-electron chi connectivity index (χ1n) is 9.39. The summed E-state index contributed by atoms with van der Waals surface area (Å²) in [6, 6.07) is 7.66. The van der Waals surface area contributed by atoms with Gasteiger partial charge < -0.3 is 15.5 Å². The molecule has 3 rings (SSSR count). The third kappa shape index (κ3) is 4.68. The maximum absolute atomic E-state index is 14.5. The highest BCUT2D eigenvalue weighted by Crippen LogP contribution is 2.45. The van der Waals surface area contributed by atoms with E-state index in [-0.39, 0.29) is 18.9 Å². The number of thioether (sulfide) groups is 1. The number of amides is 1. The van der Waals surface area contributed by atoms with Crippen LogP contribution in [0.5, 0.6) is 0 Å². The number of aromatic nitrogens is 2. The molecule has 1 aromatic carbocycles. The lowest BCUT2D eigenvalue weighted by atomic mass is 10.00. The molecule has 0 aliphatic carbocycles. The normalized spacial score (nSPS) is 20.2. The van der Waals surface area contributed by atoms with E-state index in [2.05, 4.69) is 10.3 Å². The molecule has 1 aliphatic heterocycles. The molecule has 0 spiro atoms. The van der Waals surface area contributed by atoms with Gasteiger partial charge in [0.2, 0.25) is 5.91 Å². The fraction of sp³-hybridized carbons (Fsp3) is 0.450. The predicted molar refractivity (Wildman–Crippen MR) is 108 cm³/mol. The number of carbonyl (C=O) groups excluding carboxylic acids is 1. The molecule has 3 N–H and O–H groups in total. The van der Waals surface area contributed by atoms with Crippen molar-refractivity contribution in [1.29, 1.82) is 0 Å². The Morgan fingerprint density at radius 3 is 2.83 bits per heavy atom. The first-order valence-corrected chi connectivity index (χ1v) is 10.2. The minimum Gasteiger partial charge on any atom is -0.396 e. The maximum Gasteiger partial charge on any atom is 0.351 e. The van der Waals surface area contributed by atoms with Crippen LogP contribution >= 0.6 is 11.8 Å². The van der Waals surface area contributed by atoms with Crippen molar-refractivity contribution in [1.82, 2.24) is 9.55 Å². The highest BCUT2D eigenvalue weighted by molar-refractivity contribution is 8.01. The number of benzene rings is 1. The second-order valence-corrected chi connectivity index (χ2v) is 9.09. The zero-order valence-electron chi connectivity index (χ0n) is 16.3. The first-order chi connectivity index (χ1) is 13.7. The van der Waals surface area contributed by atoms with Crippen LogP contribution in [0.4, 0.5) is 10.2 Å². The van der Waals surface area contributed by atoms with Crippen molar-refractivity contribution in [2.45, 2.75) is 49.0 Å². The first kappa shape index (κ1) is 21.5. The number of nitrogens with one attached hydrogen (secondary N) is 1.